The molecular weight excluding hydrogens is 263 g/mol. The fourth-order valence-corrected chi connectivity index (χ4v) is 2.44. The van der Waals surface area contributed by atoms with Crippen molar-refractivity contribution in [3.63, 3.8) is 0 Å². The van der Waals surface area contributed by atoms with Crippen molar-refractivity contribution < 1.29 is 4.74 Å². The van der Waals surface area contributed by atoms with Crippen LogP contribution in [0.4, 0.5) is 0 Å². The van der Waals surface area contributed by atoms with Crippen LogP contribution in [0.3, 0.4) is 0 Å². The van der Waals surface area contributed by atoms with Gasteiger partial charge in [-0.3, -0.25) is 0 Å². The minimum absolute atomic E-state index is 0.692. The minimum atomic E-state index is 0.692. The third-order valence-corrected chi connectivity index (χ3v) is 3.17. The van der Waals surface area contributed by atoms with Gasteiger partial charge in [0.2, 0.25) is 0 Å². The monoisotopic (exact) mass is 274 g/mol. The smallest absolute Gasteiger partial charge is 0.152 e. The van der Waals surface area contributed by atoms with Crippen molar-refractivity contribution in [2.24, 2.45) is 5.92 Å². The molecule has 0 N–H and O–H groups in total. The van der Waals surface area contributed by atoms with E-state index in [4.69, 9.17) is 16.3 Å². The van der Waals surface area contributed by atoms with Crippen LogP contribution in [0.5, 0.6) is 5.75 Å². The van der Waals surface area contributed by atoms with E-state index in [1.165, 1.54) is 12.8 Å². The molecule has 0 aromatic heterocycles. The standard InChI is InChI=1S/C11H12BrClO/c1-7-4-9(12)11(10(13)5-7)14-6-8-2-3-8/h4-5,8H,2-3,6H2,1H3. The van der Waals surface area contributed by atoms with Crippen molar-refractivity contribution in [2.45, 2.75) is 19.8 Å². The van der Waals surface area contributed by atoms with Gasteiger partial charge in [-0.2, -0.15) is 0 Å². The van der Waals surface area contributed by atoms with Crippen LogP contribution >= 0.6 is 27.5 Å². The van der Waals surface area contributed by atoms with Crippen LogP contribution in [0.25, 0.3) is 0 Å². The minimum Gasteiger partial charge on any atom is -0.491 e. The van der Waals surface area contributed by atoms with E-state index >= 15 is 0 Å². The highest BCUT2D eigenvalue weighted by Gasteiger charge is 2.22. The Morgan fingerprint density at radius 2 is 2.21 bits per heavy atom. The van der Waals surface area contributed by atoms with E-state index in [9.17, 15) is 0 Å². The maximum atomic E-state index is 6.08. The highest BCUT2D eigenvalue weighted by Crippen LogP contribution is 2.36. The van der Waals surface area contributed by atoms with Gasteiger partial charge in [-0.25, -0.2) is 0 Å². The van der Waals surface area contributed by atoms with Crippen molar-refractivity contribution in [3.05, 3.63) is 27.2 Å². The summed E-state index contributed by atoms with van der Waals surface area (Å²) in [6.45, 7) is 2.81. The average Bonchev–Trinajstić information content (AvgIpc) is 2.85. The molecule has 1 nitrogen and oxygen atoms in total. The van der Waals surface area contributed by atoms with Gasteiger partial charge in [0.05, 0.1) is 16.1 Å². The molecular formula is C11H12BrClO. The molecule has 76 valence electrons. The summed E-state index contributed by atoms with van der Waals surface area (Å²) >= 11 is 9.54. The van der Waals surface area contributed by atoms with Gasteiger partial charge in [0, 0.05) is 0 Å². The normalized spacial score (nSPS) is 15.6. The van der Waals surface area contributed by atoms with E-state index in [0.29, 0.717) is 5.02 Å². The third kappa shape index (κ3) is 2.43. The molecule has 14 heavy (non-hydrogen) atoms. The largest absolute Gasteiger partial charge is 0.491 e. The van der Waals surface area contributed by atoms with E-state index < -0.39 is 0 Å². The zero-order chi connectivity index (χ0) is 10.1. The summed E-state index contributed by atoms with van der Waals surface area (Å²) in [6, 6.07) is 3.95. The number of rotatable bonds is 3. The molecule has 0 amide bonds. The Balaban J connectivity index is 2.13. The van der Waals surface area contributed by atoms with Crippen LogP contribution in [0.2, 0.25) is 5.02 Å². The third-order valence-electron chi connectivity index (χ3n) is 2.30. The molecule has 0 spiro atoms. The Morgan fingerprint density at radius 3 is 2.79 bits per heavy atom. The summed E-state index contributed by atoms with van der Waals surface area (Å²) in [6.07, 6.45) is 2.59. The van der Waals surface area contributed by atoms with Gasteiger partial charge in [0.1, 0.15) is 0 Å². The first-order chi connectivity index (χ1) is 6.66. The number of hydrogen-bond acceptors (Lipinski definition) is 1. The molecule has 1 aliphatic carbocycles. The second-order valence-electron chi connectivity index (χ2n) is 3.81. The first-order valence-corrected chi connectivity index (χ1v) is 5.92. The van der Waals surface area contributed by atoms with Gasteiger partial charge in [0.15, 0.2) is 5.75 Å². The van der Waals surface area contributed by atoms with Gasteiger partial charge in [-0.1, -0.05) is 11.6 Å². The van der Waals surface area contributed by atoms with Crippen LogP contribution in [0, 0.1) is 12.8 Å². The highest BCUT2D eigenvalue weighted by atomic mass is 79.9. The van der Waals surface area contributed by atoms with Gasteiger partial charge in [0.25, 0.3) is 0 Å². The fraction of sp³-hybridized carbons (Fsp3) is 0.455. The average molecular weight is 276 g/mol. The summed E-state index contributed by atoms with van der Waals surface area (Å²) in [5.41, 5.74) is 1.14. The Bertz CT molecular complexity index is 324. The van der Waals surface area contributed by atoms with Gasteiger partial charge < -0.3 is 4.74 Å². The molecule has 0 heterocycles. The summed E-state index contributed by atoms with van der Waals surface area (Å²) in [4.78, 5) is 0. The molecule has 2 rings (SSSR count). The van der Waals surface area contributed by atoms with Gasteiger partial charge >= 0.3 is 0 Å². The van der Waals surface area contributed by atoms with Crippen LogP contribution in [0.1, 0.15) is 18.4 Å². The molecule has 0 atom stereocenters. The summed E-state index contributed by atoms with van der Waals surface area (Å²) in [5, 5.41) is 0.692. The Labute approximate surface area is 97.5 Å². The lowest BCUT2D eigenvalue weighted by Crippen LogP contribution is -2.00. The number of halogens is 2. The number of benzene rings is 1. The molecule has 0 aliphatic heterocycles. The van der Waals surface area contributed by atoms with E-state index in [-0.39, 0.29) is 0 Å². The zero-order valence-corrected chi connectivity index (χ0v) is 10.4. The van der Waals surface area contributed by atoms with Crippen molar-refractivity contribution >= 4 is 27.5 Å². The summed E-state index contributed by atoms with van der Waals surface area (Å²) in [7, 11) is 0. The molecule has 0 unspecified atom stereocenters. The Hall–Kier alpha value is -0.210. The lowest BCUT2D eigenvalue weighted by atomic mass is 10.2. The van der Waals surface area contributed by atoms with E-state index in [1.807, 2.05) is 19.1 Å². The van der Waals surface area contributed by atoms with Crippen molar-refractivity contribution in [1.82, 2.24) is 0 Å². The molecule has 1 saturated carbocycles. The maximum absolute atomic E-state index is 6.08. The molecule has 1 aromatic carbocycles. The molecule has 0 radical (unpaired) electrons. The molecule has 1 fully saturated rings. The van der Waals surface area contributed by atoms with E-state index in [0.717, 1.165) is 28.3 Å². The van der Waals surface area contributed by atoms with Crippen LogP contribution in [0.15, 0.2) is 16.6 Å². The fourth-order valence-electron chi connectivity index (χ4n) is 1.31. The molecule has 1 aromatic rings. The van der Waals surface area contributed by atoms with Gasteiger partial charge in [-0.15, -0.1) is 0 Å². The first kappa shape index (κ1) is 10.3. The predicted molar refractivity (Wildman–Crippen MR) is 62.1 cm³/mol. The molecule has 1 aliphatic rings. The van der Waals surface area contributed by atoms with E-state index in [1.54, 1.807) is 0 Å². The topological polar surface area (TPSA) is 9.23 Å². The van der Waals surface area contributed by atoms with Crippen LogP contribution in [-0.2, 0) is 0 Å². The lowest BCUT2D eigenvalue weighted by Gasteiger charge is -2.10. The molecule has 0 saturated heterocycles. The van der Waals surface area contributed by atoms with Gasteiger partial charge in [-0.05, 0) is 59.3 Å². The number of hydrogen-bond donors (Lipinski definition) is 0. The summed E-state index contributed by atoms with van der Waals surface area (Å²) in [5.74, 6) is 1.53. The Morgan fingerprint density at radius 1 is 1.50 bits per heavy atom. The second-order valence-corrected chi connectivity index (χ2v) is 5.07. The van der Waals surface area contributed by atoms with E-state index in [2.05, 4.69) is 15.9 Å². The molecule has 0 bridgehead atoms. The van der Waals surface area contributed by atoms with Crippen molar-refractivity contribution in [2.75, 3.05) is 6.61 Å². The first-order valence-electron chi connectivity index (χ1n) is 4.75. The zero-order valence-electron chi connectivity index (χ0n) is 8.02. The van der Waals surface area contributed by atoms with Crippen LogP contribution < -0.4 is 4.74 Å². The predicted octanol–water partition coefficient (Wildman–Crippen LogP) is 4.20. The number of aryl methyl sites for hydroxylation is 1. The summed E-state index contributed by atoms with van der Waals surface area (Å²) < 4.78 is 6.62. The van der Waals surface area contributed by atoms with Crippen molar-refractivity contribution in [3.8, 4) is 5.75 Å². The van der Waals surface area contributed by atoms with Crippen LogP contribution in [-0.4, -0.2) is 6.61 Å². The highest BCUT2D eigenvalue weighted by molar-refractivity contribution is 9.10. The Kier molecular flexibility index (Phi) is 3.03. The number of ether oxygens (including phenoxy) is 1. The quantitative estimate of drug-likeness (QED) is 0.803. The van der Waals surface area contributed by atoms with Crippen molar-refractivity contribution in [1.29, 1.82) is 0 Å². The SMILES string of the molecule is Cc1cc(Cl)c(OCC2CC2)c(Br)c1. The lowest BCUT2D eigenvalue weighted by molar-refractivity contribution is 0.298. The second kappa shape index (κ2) is 4.11. The maximum Gasteiger partial charge on any atom is 0.152 e. The molecule has 3 heteroatoms.